The number of hydrogen-bond acceptors (Lipinski definition) is 3. The second kappa shape index (κ2) is 12.8. The average molecular weight is 618 g/mol. The summed E-state index contributed by atoms with van der Waals surface area (Å²) in [4.78, 5) is 30.8. The number of carbonyl (C=O) groups is 2. The average Bonchev–Trinajstić information content (AvgIpc) is 3.44. The number of aryl methyl sites for hydroxylation is 2. The van der Waals surface area contributed by atoms with Gasteiger partial charge in [-0.2, -0.15) is 13.2 Å². The summed E-state index contributed by atoms with van der Waals surface area (Å²) in [6.07, 6.45) is 3.50. The normalized spacial score (nSPS) is 24.6. The van der Waals surface area contributed by atoms with Crippen molar-refractivity contribution in [3.8, 4) is 0 Å². The van der Waals surface area contributed by atoms with Crippen LogP contribution >= 0.6 is 11.6 Å². The summed E-state index contributed by atoms with van der Waals surface area (Å²) in [5.41, 5.74) is 2.69. The van der Waals surface area contributed by atoms with E-state index in [0.29, 0.717) is 55.0 Å². The molecule has 0 radical (unpaired) electrons. The van der Waals surface area contributed by atoms with Crippen LogP contribution in [0.25, 0.3) is 0 Å². The molecule has 5 nitrogen and oxygen atoms in total. The number of piperidine rings is 1. The van der Waals surface area contributed by atoms with Crippen LogP contribution in [0.2, 0.25) is 5.02 Å². The Morgan fingerprint density at radius 2 is 1.81 bits per heavy atom. The zero-order chi connectivity index (χ0) is 30.9. The van der Waals surface area contributed by atoms with Crippen molar-refractivity contribution in [1.29, 1.82) is 0 Å². The number of amides is 2. The molecule has 1 aliphatic carbocycles. The lowest BCUT2D eigenvalue weighted by molar-refractivity contribution is -0.174. The van der Waals surface area contributed by atoms with Crippen LogP contribution in [0.1, 0.15) is 53.6 Å². The maximum absolute atomic E-state index is 15.0. The molecule has 2 fully saturated rings. The molecule has 10 heteroatoms. The van der Waals surface area contributed by atoms with Crippen LogP contribution in [0.15, 0.2) is 60.2 Å². The van der Waals surface area contributed by atoms with Crippen LogP contribution in [-0.2, 0) is 4.79 Å². The van der Waals surface area contributed by atoms with Gasteiger partial charge >= 0.3 is 6.18 Å². The first-order chi connectivity index (χ1) is 20.4. The van der Waals surface area contributed by atoms with Gasteiger partial charge in [0, 0.05) is 29.7 Å². The Bertz CT molecular complexity index is 1420. The highest BCUT2D eigenvalue weighted by molar-refractivity contribution is 6.31. The van der Waals surface area contributed by atoms with Gasteiger partial charge in [0.25, 0.3) is 5.91 Å². The van der Waals surface area contributed by atoms with E-state index in [2.05, 4.69) is 5.32 Å². The smallest absolute Gasteiger partial charge is 0.334 e. The highest BCUT2D eigenvalue weighted by atomic mass is 35.5. The molecule has 4 atom stereocenters. The third kappa shape index (κ3) is 6.83. The molecule has 2 aliphatic heterocycles. The van der Waals surface area contributed by atoms with E-state index in [4.69, 9.17) is 11.6 Å². The molecule has 2 aromatic rings. The summed E-state index contributed by atoms with van der Waals surface area (Å²) in [7, 11) is 0. The number of anilines is 1. The van der Waals surface area contributed by atoms with Crippen molar-refractivity contribution in [3.05, 3.63) is 87.7 Å². The molecule has 1 N–H and O–H groups in total. The second-order valence-electron chi connectivity index (χ2n) is 11.8. The van der Waals surface area contributed by atoms with Crippen LogP contribution in [0.3, 0.4) is 0 Å². The van der Waals surface area contributed by atoms with E-state index in [-0.39, 0.29) is 30.4 Å². The van der Waals surface area contributed by atoms with E-state index in [9.17, 15) is 27.2 Å². The van der Waals surface area contributed by atoms with Gasteiger partial charge in [0.1, 0.15) is 11.9 Å². The lowest BCUT2D eigenvalue weighted by Gasteiger charge is -2.44. The number of rotatable bonds is 6. The van der Waals surface area contributed by atoms with E-state index in [1.807, 2.05) is 31.2 Å². The first-order valence-corrected chi connectivity index (χ1v) is 15.1. The highest BCUT2D eigenvalue weighted by Gasteiger charge is 2.46. The summed E-state index contributed by atoms with van der Waals surface area (Å²) in [5, 5.41) is 3.48. The highest BCUT2D eigenvalue weighted by Crippen LogP contribution is 2.38. The largest absolute Gasteiger partial charge is 0.404 e. The van der Waals surface area contributed by atoms with Crippen molar-refractivity contribution in [2.24, 2.45) is 11.8 Å². The zero-order valence-electron chi connectivity index (χ0n) is 24.3. The molecule has 5 rings (SSSR count). The van der Waals surface area contributed by atoms with Crippen LogP contribution in [0, 0.1) is 31.5 Å². The molecule has 0 aromatic heterocycles. The summed E-state index contributed by atoms with van der Waals surface area (Å²) < 4.78 is 55.5. The summed E-state index contributed by atoms with van der Waals surface area (Å²) >= 11 is 6.28. The van der Waals surface area contributed by atoms with Gasteiger partial charge < -0.3 is 10.2 Å². The van der Waals surface area contributed by atoms with Gasteiger partial charge in [-0.15, -0.1) is 0 Å². The number of carbonyl (C=O) groups excluding carboxylic acids is 2. The Morgan fingerprint density at radius 1 is 1.05 bits per heavy atom. The summed E-state index contributed by atoms with van der Waals surface area (Å²) in [5.74, 6) is -2.22. The molecule has 43 heavy (non-hydrogen) atoms. The monoisotopic (exact) mass is 617 g/mol. The van der Waals surface area contributed by atoms with Crippen LogP contribution in [-0.4, -0.2) is 59.5 Å². The molecule has 0 bridgehead atoms. The van der Waals surface area contributed by atoms with E-state index < -0.39 is 35.9 Å². The third-order valence-corrected chi connectivity index (χ3v) is 9.34. The van der Waals surface area contributed by atoms with Gasteiger partial charge in [-0.25, -0.2) is 4.39 Å². The number of likely N-dealkylation sites (tertiary alicyclic amines) is 2. The predicted octanol–water partition coefficient (Wildman–Crippen LogP) is 7.48. The molecule has 0 saturated carbocycles. The number of hydrogen-bond donors (Lipinski definition) is 1. The molecule has 0 spiro atoms. The molecular formula is C33H36ClF4N3O2. The van der Waals surface area contributed by atoms with Crippen molar-refractivity contribution in [2.45, 2.75) is 64.2 Å². The van der Waals surface area contributed by atoms with Gasteiger partial charge in [-0.1, -0.05) is 48.0 Å². The van der Waals surface area contributed by atoms with Crippen LogP contribution < -0.4 is 5.32 Å². The van der Waals surface area contributed by atoms with E-state index in [0.717, 1.165) is 11.1 Å². The number of alkyl halides is 3. The topological polar surface area (TPSA) is 52.7 Å². The molecule has 2 heterocycles. The molecule has 2 aromatic carbocycles. The van der Waals surface area contributed by atoms with Crippen molar-refractivity contribution in [1.82, 2.24) is 9.80 Å². The Labute approximate surface area is 254 Å². The van der Waals surface area contributed by atoms with Crippen LogP contribution in [0.4, 0.5) is 23.2 Å². The zero-order valence-corrected chi connectivity index (χ0v) is 25.0. The molecule has 2 unspecified atom stereocenters. The SMILES string of the molecule is Cc1ccc(NC(=O)[C@H]2CCCN(C(=O)c3c(C)cccc3F)[C@H]2C2C=CC(CN3CCCC3C(F)(F)F)=CC2)cc1Cl. The lowest BCUT2D eigenvalue weighted by Crippen LogP contribution is -2.55. The van der Waals surface area contributed by atoms with Gasteiger partial charge in [-0.3, -0.25) is 14.5 Å². The Hall–Kier alpha value is -3.17. The fraction of sp³-hybridized carbons (Fsp3) is 0.455. The van der Waals surface area contributed by atoms with Gasteiger partial charge in [-0.05, 0) is 87.4 Å². The predicted molar refractivity (Wildman–Crippen MR) is 159 cm³/mol. The quantitative estimate of drug-likeness (QED) is 0.342. The summed E-state index contributed by atoms with van der Waals surface area (Å²) in [6.45, 7) is 4.48. The van der Waals surface area contributed by atoms with Gasteiger partial charge in [0.15, 0.2) is 0 Å². The van der Waals surface area contributed by atoms with Gasteiger partial charge in [0.2, 0.25) is 5.91 Å². The number of allylic oxidation sites excluding steroid dienone is 1. The Balaban J connectivity index is 1.41. The third-order valence-electron chi connectivity index (χ3n) is 8.93. The Morgan fingerprint density at radius 3 is 2.49 bits per heavy atom. The van der Waals surface area contributed by atoms with Crippen molar-refractivity contribution < 1.29 is 27.2 Å². The van der Waals surface area contributed by atoms with Crippen LogP contribution in [0.5, 0.6) is 0 Å². The van der Waals surface area contributed by atoms with E-state index in [1.54, 1.807) is 36.1 Å². The maximum atomic E-state index is 15.0. The number of benzene rings is 2. The molecule has 2 amide bonds. The van der Waals surface area contributed by atoms with Crippen molar-refractivity contribution in [2.75, 3.05) is 25.0 Å². The Kier molecular flexibility index (Phi) is 9.32. The first kappa shape index (κ1) is 31.3. The minimum absolute atomic E-state index is 0.0119. The molecule has 3 aliphatic rings. The maximum Gasteiger partial charge on any atom is 0.404 e. The van der Waals surface area contributed by atoms with Crippen molar-refractivity contribution in [3.63, 3.8) is 0 Å². The van der Waals surface area contributed by atoms with E-state index in [1.165, 1.54) is 11.0 Å². The van der Waals surface area contributed by atoms with Gasteiger partial charge in [0.05, 0.1) is 17.5 Å². The first-order valence-electron chi connectivity index (χ1n) is 14.7. The number of nitrogens with one attached hydrogen (secondary N) is 1. The van der Waals surface area contributed by atoms with E-state index >= 15 is 0 Å². The summed E-state index contributed by atoms with van der Waals surface area (Å²) in [6, 6.07) is 7.73. The standard InChI is InChI=1S/C33H36ClF4N3O2/c1-20-10-15-24(18-26(20)34)39-31(42)25-7-4-17-41(32(43)29-21(2)6-3-8-27(29)35)30(25)23-13-11-22(12-14-23)19-40-16-5-9-28(40)33(36,37)38/h3,6,8,10-13,15,18,23,25,28,30H,4-5,7,9,14,16-17,19H2,1-2H3,(H,39,42)/t23?,25-,28?,30-/m0/s1. The fourth-order valence-corrected chi connectivity index (χ4v) is 6.88. The molecule has 2 saturated heterocycles. The number of halogens is 5. The van der Waals surface area contributed by atoms with Crippen molar-refractivity contribution >= 4 is 29.1 Å². The number of nitrogens with zero attached hydrogens (tertiary/aromatic N) is 2. The molecular weight excluding hydrogens is 582 g/mol. The second-order valence-corrected chi connectivity index (χ2v) is 12.2. The molecule has 230 valence electrons. The lowest BCUT2D eigenvalue weighted by atomic mass is 9.77. The fourth-order valence-electron chi connectivity index (χ4n) is 6.70. The minimum Gasteiger partial charge on any atom is -0.334 e. The minimum atomic E-state index is -4.27.